The number of nitrogens with zero attached hydrogens (tertiary/aromatic N) is 2. The highest BCUT2D eigenvalue weighted by Crippen LogP contribution is 2.28. The molecule has 2 rings (SSSR count). The smallest absolute Gasteiger partial charge is 0.317 e. The molecule has 0 unspecified atom stereocenters. The van der Waals surface area contributed by atoms with Crippen molar-refractivity contribution in [3.63, 3.8) is 0 Å². The Morgan fingerprint density at radius 3 is 2.68 bits per heavy atom. The minimum absolute atomic E-state index is 0.00219. The second-order valence-corrected chi connectivity index (χ2v) is 6.39. The monoisotopic (exact) mass is 390 g/mol. The number of thioether (sulfide) groups is 1. The molecule has 0 bridgehead atoms. The SMILES string of the molecule is CN1C(=O)C[C@@H](C(=O)O)SC1=Nc1ccc(I)cc1. The highest BCUT2D eigenvalue weighted by Gasteiger charge is 2.33. The standard InChI is InChI=1S/C12H11IN2O3S/c1-15-10(16)6-9(11(17)18)19-12(15)14-8-4-2-7(13)3-5-8/h2-5,9H,6H2,1H3,(H,17,18)/t9-/m0/s1. The first-order valence-corrected chi connectivity index (χ1v) is 7.43. The van der Waals surface area contributed by atoms with Crippen molar-refractivity contribution in [3.05, 3.63) is 27.8 Å². The fourth-order valence-electron chi connectivity index (χ4n) is 1.52. The average Bonchev–Trinajstić information content (AvgIpc) is 2.37. The molecule has 1 aromatic carbocycles. The lowest BCUT2D eigenvalue weighted by Crippen LogP contribution is -2.41. The second-order valence-electron chi connectivity index (χ2n) is 3.97. The van der Waals surface area contributed by atoms with E-state index in [1.807, 2.05) is 24.3 Å². The van der Waals surface area contributed by atoms with Gasteiger partial charge in [-0.3, -0.25) is 14.5 Å². The Kier molecular flexibility index (Phi) is 4.46. The number of carbonyl (C=O) groups is 2. The molecule has 0 aromatic heterocycles. The van der Waals surface area contributed by atoms with Crippen LogP contribution in [0.15, 0.2) is 29.3 Å². The number of amidine groups is 1. The van der Waals surface area contributed by atoms with Crippen LogP contribution < -0.4 is 0 Å². The lowest BCUT2D eigenvalue weighted by molar-refractivity contribution is -0.139. The molecule has 1 atom stereocenters. The van der Waals surface area contributed by atoms with E-state index in [4.69, 9.17) is 5.11 Å². The molecule has 1 aromatic rings. The quantitative estimate of drug-likeness (QED) is 0.788. The predicted octanol–water partition coefficient (Wildman–Crippen LogP) is 2.33. The molecule has 5 nitrogen and oxygen atoms in total. The van der Waals surface area contributed by atoms with Crippen molar-refractivity contribution in [1.82, 2.24) is 4.90 Å². The number of carboxylic acids is 1. The molecule has 100 valence electrons. The summed E-state index contributed by atoms with van der Waals surface area (Å²) < 4.78 is 1.09. The minimum atomic E-state index is -0.984. The van der Waals surface area contributed by atoms with Gasteiger partial charge in [-0.05, 0) is 46.9 Å². The van der Waals surface area contributed by atoms with Crippen LogP contribution in [0, 0.1) is 3.57 Å². The molecule has 1 fully saturated rings. The summed E-state index contributed by atoms with van der Waals surface area (Å²) in [6.45, 7) is 0. The third kappa shape index (κ3) is 3.47. The van der Waals surface area contributed by atoms with Crippen LogP contribution in [0.25, 0.3) is 0 Å². The van der Waals surface area contributed by atoms with Gasteiger partial charge in [0, 0.05) is 10.6 Å². The van der Waals surface area contributed by atoms with E-state index in [9.17, 15) is 9.59 Å². The zero-order valence-electron chi connectivity index (χ0n) is 10.0. The third-order valence-corrected chi connectivity index (χ3v) is 4.54. The van der Waals surface area contributed by atoms with Crippen LogP contribution in [-0.4, -0.2) is 39.3 Å². The number of rotatable bonds is 2. The summed E-state index contributed by atoms with van der Waals surface area (Å²) in [7, 11) is 1.61. The van der Waals surface area contributed by atoms with Crippen molar-refractivity contribution < 1.29 is 14.7 Å². The Bertz CT molecular complexity index is 544. The van der Waals surface area contributed by atoms with Crippen LogP contribution >= 0.6 is 34.4 Å². The molecule has 19 heavy (non-hydrogen) atoms. The van der Waals surface area contributed by atoms with Gasteiger partial charge in [0.1, 0.15) is 5.25 Å². The lowest BCUT2D eigenvalue weighted by Gasteiger charge is -2.27. The van der Waals surface area contributed by atoms with Gasteiger partial charge in [0.15, 0.2) is 5.17 Å². The van der Waals surface area contributed by atoms with Crippen molar-refractivity contribution in [2.75, 3.05) is 7.05 Å². The van der Waals surface area contributed by atoms with Crippen molar-refractivity contribution in [1.29, 1.82) is 0 Å². The molecule has 0 radical (unpaired) electrons. The number of carboxylic acid groups (broad SMARTS) is 1. The van der Waals surface area contributed by atoms with Crippen molar-refractivity contribution in [2.45, 2.75) is 11.7 Å². The summed E-state index contributed by atoms with van der Waals surface area (Å²) in [6.07, 6.45) is 0.00219. The minimum Gasteiger partial charge on any atom is -0.480 e. The first-order chi connectivity index (χ1) is 8.97. The number of hydrogen-bond donors (Lipinski definition) is 1. The normalized spacial score (nSPS) is 21.8. The molecule has 0 aliphatic carbocycles. The average molecular weight is 390 g/mol. The van der Waals surface area contributed by atoms with Gasteiger partial charge in [-0.2, -0.15) is 0 Å². The molecule has 0 spiro atoms. The molecular weight excluding hydrogens is 379 g/mol. The van der Waals surface area contributed by atoms with Gasteiger partial charge < -0.3 is 5.11 Å². The summed E-state index contributed by atoms with van der Waals surface area (Å²) >= 11 is 3.29. The molecule has 0 saturated carbocycles. The van der Waals surface area contributed by atoms with Gasteiger partial charge in [0.05, 0.1) is 12.1 Å². The fourth-order valence-corrected chi connectivity index (χ4v) is 2.87. The fraction of sp³-hybridized carbons (Fsp3) is 0.250. The number of benzene rings is 1. The van der Waals surface area contributed by atoms with Gasteiger partial charge in [0.2, 0.25) is 5.91 Å². The molecule has 1 saturated heterocycles. The van der Waals surface area contributed by atoms with Gasteiger partial charge in [0.25, 0.3) is 0 Å². The van der Waals surface area contributed by atoms with Crippen molar-refractivity contribution in [2.24, 2.45) is 4.99 Å². The van der Waals surface area contributed by atoms with E-state index in [0.717, 1.165) is 15.3 Å². The van der Waals surface area contributed by atoms with Crippen LogP contribution in [0.4, 0.5) is 5.69 Å². The maximum Gasteiger partial charge on any atom is 0.317 e. The molecule has 1 heterocycles. The first kappa shape index (κ1) is 14.3. The van der Waals surface area contributed by atoms with Crippen LogP contribution in [-0.2, 0) is 9.59 Å². The first-order valence-electron chi connectivity index (χ1n) is 5.47. The molecule has 1 amide bonds. The zero-order valence-corrected chi connectivity index (χ0v) is 13.0. The van der Waals surface area contributed by atoms with Crippen LogP contribution in [0.3, 0.4) is 0 Å². The van der Waals surface area contributed by atoms with E-state index in [1.165, 1.54) is 4.90 Å². The third-order valence-electron chi connectivity index (χ3n) is 2.60. The van der Waals surface area contributed by atoms with Crippen LogP contribution in [0.5, 0.6) is 0 Å². The summed E-state index contributed by atoms with van der Waals surface area (Å²) in [6, 6.07) is 7.48. The van der Waals surface area contributed by atoms with Crippen LogP contribution in [0.1, 0.15) is 6.42 Å². The van der Waals surface area contributed by atoms with Gasteiger partial charge in [-0.25, -0.2) is 4.99 Å². The Morgan fingerprint density at radius 2 is 2.11 bits per heavy atom. The topological polar surface area (TPSA) is 70.0 Å². The Morgan fingerprint density at radius 1 is 1.47 bits per heavy atom. The number of amides is 1. The predicted molar refractivity (Wildman–Crippen MR) is 82.7 cm³/mol. The molecular formula is C12H11IN2O3S. The molecule has 1 aliphatic rings. The maximum atomic E-state index is 11.7. The summed E-state index contributed by atoms with van der Waals surface area (Å²) in [4.78, 5) is 28.5. The van der Waals surface area contributed by atoms with E-state index in [0.29, 0.717) is 10.9 Å². The largest absolute Gasteiger partial charge is 0.480 e. The van der Waals surface area contributed by atoms with Gasteiger partial charge >= 0.3 is 5.97 Å². The number of hydrogen-bond acceptors (Lipinski definition) is 4. The Labute approximate surface area is 128 Å². The van der Waals surface area contributed by atoms with Crippen molar-refractivity contribution >= 4 is 57.1 Å². The van der Waals surface area contributed by atoms with Crippen molar-refractivity contribution in [3.8, 4) is 0 Å². The number of carbonyl (C=O) groups excluding carboxylic acids is 1. The summed E-state index contributed by atoms with van der Waals surface area (Å²) in [5, 5.41) is 8.68. The second kappa shape index (κ2) is 5.91. The Balaban J connectivity index is 2.27. The lowest BCUT2D eigenvalue weighted by atomic mass is 10.3. The summed E-state index contributed by atoms with van der Waals surface area (Å²) in [5.41, 5.74) is 0.702. The Hall–Kier alpha value is -1.09. The molecule has 7 heteroatoms. The van der Waals surface area contributed by atoms with E-state index in [2.05, 4.69) is 27.6 Å². The highest BCUT2D eigenvalue weighted by atomic mass is 127. The van der Waals surface area contributed by atoms with Gasteiger partial charge in [-0.15, -0.1) is 0 Å². The van der Waals surface area contributed by atoms with E-state index in [-0.39, 0.29) is 12.3 Å². The number of aliphatic carboxylic acids is 1. The zero-order chi connectivity index (χ0) is 14.0. The number of aliphatic imine (C=N–C) groups is 1. The summed E-state index contributed by atoms with van der Waals surface area (Å²) in [5.74, 6) is -1.21. The number of halogens is 1. The van der Waals surface area contributed by atoms with E-state index in [1.54, 1.807) is 7.05 Å². The molecule has 1 N–H and O–H groups in total. The van der Waals surface area contributed by atoms with Crippen LogP contribution in [0.2, 0.25) is 0 Å². The maximum absolute atomic E-state index is 11.7. The molecule has 1 aliphatic heterocycles. The van der Waals surface area contributed by atoms with E-state index >= 15 is 0 Å². The highest BCUT2D eigenvalue weighted by molar-refractivity contribution is 14.1. The van der Waals surface area contributed by atoms with E-state index < -0.39 is 11.2 Å². The van der Waals surface area contributed by atoms with Gasteiger partial charge in [-0.1, -0.05) is 11.8 Å².